The Bertz CT molecular complexity index is 722. The molecule has 0 atom stereocenters. The summed E-state index contributed by atoms with van der Waals surface area (Å²) in [4.78, 5) is 26.0. The summed E-state index contributed by atoms with van der Waals surface area (Å²) in [6.45, 7) is 12.2. The van der Waals surface area contributed by atoms with E-state index in [4.69, 9.17) is 9.84 Å². The first-order chi connectivity index (χ1) is 13.0. The molecule has 7 nitrogen and oxygen atoms in total. The highest BCUT2D eigenvalue weighted by Crippen LogP contribution is 2.34. The molecule has 1 amide bonds. The average molecular weight is 392 g/mol. The smallest absolute Gasteiger partial charge is 0.449 e. The van der Waals surface area contributed by atoms with Crippen LogP contribution in [-0.2, 0) is 4.79 Å². The predicted octanol–water partition coefficient (Wildman–Crippen LogP) is 5.02. The topological polar surface area (TPSA) is 84.7 Å². The van der Waals surface area contributed by atoms with Crippen LogP contribution in [0, 0.1) is 17.3 Å². The molecule has 0 spiro atoms. The lowest BCUT2D eigenvalue weighted by Gasteiger charge is -2.32. The number of hydrogen-bond donors (Lipinski definition) is 1. The predicted molar refractivity (Wildman–Crippen MR) is 109 cm³/mol. The number of carbonyl (C=O) groups excluding carboxylic acids is 1. The second-order valence-electron chi connectivity index (χ2n) is 9.11. The highest BCUT2D eigenvalue weighted by atomic mass is 16.7. The Morgan fingerprint density at radius 2 is 1.89 bits per heavy atom. The quantitative estimate of drug-likeness (QED) is 0.712. The maximum Gasteiger partial charge on any atom is 0.511 e. The van der Waals surface area contributed by atoms with E-state index in [1.807, 2.05) is 19.9 Å². The lowest BCUT2D eigenvalue weighted by Crippen LogP contribution is -2.42. The maximum absolute atomic E-state index is 13.3. The second-order valence-corrected chi connectivity index (χ2v) is 9.11. The van der Waals surface area contributed by atoms with Crippen LogP contribution in [0.5, 0.6) is 5.75 Å². The third-order valence-electron chi connectivity index (χ3n) is 4.95. The van der Waals surface area contributed by atoms with Gasteiger partial charge in [0.25, 0.3) is 0 Å². The molecule has 7 heteroatoms. The van der Waals surface area contributed by atoms with Crippen LogP contribution in [-0.4, -0.2) is 33.0 Å². The van der Waals surface area contributed by atoms with Crippen molar-refractivity contribution in [3.05, 3.63) is 12.3 Å². The number of nitrogens with zero attached hydrogens (tertiary/aromatic N) is 3. The largest absolute Gasteiger partial charge is 0.511 e. The first kappa shape index (κ1) is 22.0. The Hall–Kier alpha value is -2.31. The van der Waals surface area contributed by atoms with E-state index >= 15 is 0 Å². The summed E-state index contributed by atoms with van der Waals surface area (Å²) in [5.74, 6) is 0.884. The van der Waals surface area contributed by atoms with E-state index in [0.717, 1.165) is 25.7 Å². The van der Waals surface area contributed by atoms with Gasteiger partial charge in [-0.1, -0.05) is 33.8 Å². The minimum Gasteiger partial charge on any atom is -0.449 e. The molecule has 1 aliphatic rings. The molecular weight excluding hydrogens is 358 g/mol. The van der Waals surface area contributed by atoms with Gasteiger partial charge in [0, 0.05) is 18.2 Å². The number of carbonyl (C=O) groups is 2. The number of amides is 1. The molecule has 1 aromatic heterocycles. The summed E-state index contributed by atoms with van der Waals surface area (Å²) >= 11 is 0. The van der Waals surface area contributed by atoms with Crippen molar-refractivity contribution >= 4 is 24.1 Å². The van der Waals surface area contributed by atoms with E-state index in [2.05, 4.69) is 32.8 Å². The molecule has 2 rings (SSSR count). The van der Waals surface area contributed by atoms with Gasteiger partial charge in [-0.2, -0.15) is 0 Å². The van der Waals surface area contributed by atoms with Crippen molar-refractivity contribution in [1.82, 2.24) is 9.78 Å². The molecule has 1 fully saturated rings. The summed E-state index contributed by atoms with van der Waals surface area (Å²) in [5, 5.41) is 13.6. The van der Waals surface area contributed by atoms with E-state index in [0.29, 0.717) is 5.92 Å². The number of hydrogen-bond acceptors (Lipinski definition) is 4. The zero-order valence-corrected chi connectivity index (χ0v) is 17.8. The van der Waals surface area contributed by atoms with Gasteiger partial charge in [-0.05, 0) is 50.9 Å². The van der Waals surface area contributed by atoms with E-state index < -0.39 is 6.16 Å². The van der Waals surface area contributed by atoms with Gasteiger partial charge in [0.1, 0.15) is 0 Å². The van der Waals surface area contributed by atoms with Crippen LogP contribution in [0.15, 0.2) is 12.3 Å². The molecule has 0 saturated heterocycles. The summed E-state index contributed by atoms with van der Waals surface area (Å²) in [6, 6.07) is -0.169. The average Bonchev–Trinajstić information content (AvgIpc) is 2.94. The first-order valence-electron chi connectivity index (χ1n) is 10.00. The number of aromatic nitrogens is 2. The highest BCUT2D eigenvalue weighted by molar-refractivity contribution is 5.96. The number of ether oxygens (including phenoxy) is 1. The fraction of sp³-hybridized carbons (Fsp3) is 0.667. The van der Waals surface area contributed by atoms with E-state index in [-0.39, 0.29) is 34.8 Å². The molecular formula is C21H33N3O4. The van der Waals surface area contributed by atoms with Gasteiger partial charge in [0.2, 0.25) is 11.7 Å². The minimum atomic E-state index is -1.43. The summed E-state index contributed by atoms with van der Waals surface area (Å²) in [6.07, 6.45) is 7.54. The fourth-order valence-corrected chi connectivity index (χ4v) is 3.38. The molecule has 28 heavy (non-hydrogen) atoms. The van der Waals surface area contributed by atoms with Gasteiger partial charge >= 0.3 is 6.16 Å². The molecule has 0 bridgehead atoms. The monoisotopic (exact) mass is 391 g/mol. The van der Waals surface area contributed by atoms with Crippen LogP contribution in [0.2, 0.25) is 0 Å². The van der Waals surface area contributed by atoms with Gasteiger partial charge in [0.15, 0.2) is 5.75 Å². The van der Waals surface area contributed by atoms with Gasteiger partial charge in [-0.15, -0.1) is 5.10 Å². The molecule has 1 saturated carbocycles. The van der Waals surface area contributed by atoms with Crippen molar-refractivity contribution in [2.75, 3.05) is 4.90 Å². The summed E-state index contributed by atoms with van der Waals surface area (Å²) in [5.41, 5.74) is -0.0632. The number of anilines is 1. The Kier molecular flexibility index (Phi) is 6.91. The van der Waals surface area contributed by atoms with Crippen LogP contribution in [0.25, 0.3) is 6.20 Å². The van der Waals surface area contributed by atoms with Crippen LogP contribution >= 0.6 is 0 Å². The van der Waals surface area contributed by atoms with Crippen molar-refractivity contribution in [1.29, 1.82) is 0 Å². The maximum atomic E-state index is 13.3. The molecule has 156 valence electrons. The SMILES string of the molecule is CC1CCC(C(=O)N(c2nn(/C=C/C(C)(C)C)cc2OC(=O)O)C(C)C)CC1. The summed E-state index contributed by atoms with van der Waals surface area (Å²) in [7, 11) is 0. The molecule has 1 aliphatic carbocycles. The van der Waals surface area contributed by atoms with Crippen molar-refractivity contribution in [2.24, 2.45) is 17.3 Å². The van der Waals surface area contributed by atoms with Gasteiger partial charge in [-0.25, -0.2) is 9.48 Å². The Labute approximate surface area is 167 Å². The molecule has 0 unspecified atom stereocenters. The molecule has 1 N–H and O–H groups in total. The summed E-state index contributed by atoms with van der Waals surface area (Å²) < 4.78 is 6.45. The van der Waals surface area contributed by atoms with E-state index in [1.54, 1.807) is 11.1 Å². The Balaban J connectivity index is 2.38. The van der Waals surface area contributed by atoms with Crippen LogP contribution in [0.4, 0.5) is 10.6 Å². The molecule has 0 aromatic carbocycles. The fourth-order valence-electron chi connectivity index (χ4n) is 3.38. The number of allylic oxidation sites excluding steroid dienone is 1. The molecule has 0 aliphatic heterocycles. The molecule has 1 aromatic rings. The van der Waals surface area contributed by atoms with Crippen molar-refractivity contribution in [2.45, 2.75) is 73.3 Å². The van der Waals surface area contributed by atoms with Crippen molar-refractivity contribution in [3.63, 3.8) is 0 Å². The molecule has 1 heterocycles. The van der Waals surface area contributed by atoms with Crippen LogP contribution in [0.1, 0.15) is 67.2 Å². The second kappa shape index (κ2) is 8.80. The van der Waals surface area contributed by atoms with Crippen molar-refractivity contribution in [3.8, 4) is 5.75 Å². The highest BCUT2D eigenvalue weighted by Gasteiger charge is 2.33. The van der Waals surface area contributed by atoms with E-state index in [1.165, 1.54) is 10.9 Å². The molecule has 0 radical (unpaired) electrons. The van der Waals surface area contributed by atoms with Gasteiger partial charge in [0.05, 0.1) is 6.20 Å². The van der Waals surface area contributed by atoms with Crippen molar-refractivity contribution < 1.29 is 19.4 Å². The lowest BCUT2D eigenvalue weighted by atomic mass is 9.82. The zero-order valence-electron chi connectivity index (χ0n) is 17.8. The standard InChI is InChI=1S/C21H33N3O4/c1-14(2)24(19(25)16-9-7-15(3)8-10-16)18-17(28-20(26)27)13-23(22-18)12-11-21(4,5)6/h11-16H,7-10H2,1-6H3,(H,26,27)/b12-11+. The number of rotatable bonds is 5. The zero-order chi connectivity index (χ0) is 21.1. The third-order valence-corrected chi connectivity index (χ3v) is 4.95. The Morgan fingerprint density at radius 1 is 1.29 bits per heavy atom. The first-order valence-corrected chi connectivity index (χ1v) is 10.00. The minimum absolute atomic E-state index is 0.0119. The van der Waals surface area contributed by atoms with E-state index in [9.17, 15) is 9.59 Å². The van der Waals surface area contributed by atoms with Gasteiger partial charge < -0.3 is 9.84 Å². The number of carboxylic acid groups (broad SMARTS) is 1. The lowest BCUT2D eigenvalue weighted by molar-refractivity contribution is -0.124. The van der Waals surface area contributed by atoms with Crippen LogP contribution in [0.3, 0.4) is 0 Å². The normalized spacial score (nSPS) is 20.5. The Morgan fingerprint density at radius 3 is 2.39 bits per heavy atom. The van der Waals surface area contributed by atoms with Crippen LogP contribution < -0.4 is 9.64 Å². The van der Waals surface area contributed by atoms with Gasteiger partial charge in [-0.3, -0.25) is 9.69 Å². The third kappa shape index (κ3) is 5.84.